The van der Waals surface area contributed by atoms with Gasteiger partial charge in [0.2, 0.25) is 0 Å². The third kappa shape index (κ3) is 3.27. The Hall–Kier alpha value is -1.53. The Morgan fingerprint density at radius 1 is 1.42 bits per heavy atom. The second-order valence-electron chi connectivity index (χ2n) is 3.85. The summed E-state index contributed by atoms with van der Waals surface area (Å²) in [5, 5.41) is 4.15. The van der Waals surface area contributed by atoms with E-state index in [0.29, 0.717) is 5.56 Å². The number of halogens is 3. The van der Waals surface area contributed by atoms with Gasteiger partial charge in [-0.05, 0) is 24.6 Å². The standard InChI is InChI=1S/C12H9ClF2N2OS/c1-6(7-2-3-8(14)9(15)4-7)16-11(18)10-5-19-12(13)17-10/h2-6H,1H3,(H,16,18)/t6-/m1/s1. The van der Waals surface area contributed by atoms with E-state index in [1.807, 2.05) is 0 Å². The van der Waals surface area contributed by atoms with Crippen LogP contribution >= 0.6 is 22.9 Å². The van der Waals surface area contributed by atoms with Crippen molar-refractivity contribution in [2.24, 2.45) is 0 Å². The summed E-state index contributed by atoms with van der Waals surface area (Å²) in [7, 11) is 0. The van der Waals surface area contributed by atoms with Gasteiger partial charge in [0.1, 0.15) is 5.69 Å². The third-order valence-corrected chi connectivity index (χ3v) is 3.48. The van der Waals surface area contributed by atoms with E-state index in [1.165, 1.54) is 11.4 Å². The van der Waals surface area contributed by atoms with E-state index in [0.717, 1.165) is 23.5 Å². The minimum atomic E-state index is -0.949. The molecule has 1 amide bonds. The summed E-state index contributed by atoms with van der Waals surface area (Å²) in [4.78, 5) is 15.6. The van der Waals surface area contributed by atoms with Gasteiger partial charge in [-0.15, -0.1) is 11.3 Å². The van der Waals surface area contributed by atoms with E-state index in [-0.39, 0.29) is 10.2 Å². The van der Waals surface area contributed by atoms with Crippen LogP contribution in [0.3, 0.4) is 0 Å². The number of aromatic nitrogens is 1. The molecule has 7 heteroatoms. The molecule has 0 radical (unpaired) electrons. The second kappa shape index (κ2) is 5.63. The molecule has 0 spiro atoms. The number of hydrogen-bond donors (Lipinski definition) is 1. The van der Waals surface area contributed by atoms with Crippen molar-refractivity contribution in [1.82, 2.24) is 10.3 Å². The topological polar surface area (TPSA) is 42.0 Å². The number of carbonyl (C=O) groups is 1. The van der Waals surface area contributed by atoms with Crippen LogP contribution in [0.4, 0.5) is 8.78 Å². The van der Waals surface area contributed by atoms with E-state index >= 15 is 0 Å². The highest BCUT2D eigenvalue weighted by Gasteiger charge is 2.15. The van der Waals surface area contributed by atoms with Crippen molar-refractivity contribution in [3.63, 3.8) is 0 Å². The number of carbonyl (C=O) groups excluding carboxylic acids is 1. The van der Waals surface area contributed by atoms with Gasteiger partial charge < -0.3 is 5.32 Å². The molecule has 1 N–H and O–H groups in total. The lowest BCUT2D eigenvalue weighted by Gasteiger charge is -2.13. The molecule has 0 saturated carbocycles. The van der Waals surface area contributed by atoms with Crippen LogP contribution in [0, 0.1) is 11.6 Å². The fourth-order valence-electron chi connectivity index (χ4n) is 1.49. The summed E-state index contributed by atoms with van der Waals surface area (Å²) in [6.45, 7) is 1.67. The van der Waals surface area contributed by atoms with Gasteiger partial charge in [-0.3, -0.25) is 4.79 Å². The number of rotatable bonds is 3. The lowest BCUT2D eigenvalue weighted by Crippen LogP contribution is -2.27. The van der Waals surface area contributed by atoms with Crippen molar-refractivity contribution >= 4 is 28.8 Å². The molecule has 1 aromatic heterocycles. The number of nitrogens with one attached hydrogen (secondary N) is 1. The molecule has 0 bridgehead atoms. The predicted molar refractivity (Wildman–Crippen MR) is 69.4 cm³/mol. The number of thiazole rings is 1. The second-order valence-corrected chi connectivity index (χ2v) is 5.29. The van der Waals surface area contributed by atoms with Crippen LogP contribution in [-0.2, 0) is 0 Å². The molecule has 0 fully saturated rings. The molecule has 1 aromatic carbocycles. The lowest BCUT2D eigenvalue weighted by molar-refractivity contribution is 0.0935. The summed E-state index contributed by atoms with van der Waals surface area (Å²) in [5.41, 5.74) is 0.665. The van der Waals surface area contributed by atoms with Crippen molar-refractivity contribution in [2.45, 2.75) is 13.0 Å². The molecule has 100 valence electrons. The van der Waals surface area contributed by atoms with Gasteiger partial charge in [0, 0.05) is 5.38 Å². The fraction of sp³-hybridized carbons (Fsp3) is 0.167. The van der Waals surface area contributed by atoms with Gasteiger partial charge in [0.15, 0.2) is 16.1 Å². The quantitative estimate of drug-likeness (QED) is 0.942. The average molecular weight is 303 g/mol. The molecule has 19 heavy (non-hydrogen) atoms. The van der Waals surface area contributed by atoms with E-state index in [9.17, 15) is 13.6 Å². The number of hydrogen-bond acceptors (Lipinski definition) is 3. The molecular weight excluding hydrogens is 294 g/mol. The van der Waals surface area contributed by atoms with Gasteiger partial charge in [0.25, 0.3) is 5.91 Å². The molecule has 2 rings (SSSR count). The maximum Gasteiger partial charge on any atom is 0.271 e. The first-order valence-corrected chi connectivity index (χ1v) is 6.60. The lowest BCUT2D eigenvalue weighted by atomic mass is 10.1. The zero-order valence-electron chi connectivity index (χ0n) is 9.78. The monoisotopic (exact) mass is 302 g/mol. The normalized spacial score (nSPS) is 12.2. The van der Waals surface area contributed by atoms with Crippen LogP contribution in [0.1, 0.15) is 29.0 Å². The van der Waals surface area contributed by atoms with Crippen LogP contribution in [0.15, 0.2) is 23.6 Å². The first kappa shape index (κ1) is 13.9. The highest BCUT2D eigenvalue weighted by Crippen LogP contribution is 2.18. The van der Waals surface area contributed by atoms with Crippen molar-refractivity contribution in [1.29, 1.82) is 0 Å². The summed E-state index contributed by atoms with van der Waals surface area (Å²) in [6.07, 6.45) is 0. The largest absolute Gasteiger partial charge is 0.344 e. The molecule has 0 aliphatic heterocycles. The van der Waals surface area contributed by atoms with Crippen molar-refractivity contribution in [2.75, 3.05) is 0 Å². The molecule has 0 aliphatic rings. The van der Waals surface area contributed by atoms with Gasteiger partial charge in [-0.1, -0.05) is 17.7 Å². The highest BCUT2D eigenvalue weighted by atomic mass is 35.5. The zero-order chi connectivity index (χ0) is 14.0. The maximum absolute atomic E-state index is 13.1. The third-order valence-electron chi connectivity index (χ3n) is 2.50. The van der Waals surface area contributed by atoms with Crippen LogP contribution in [0.25, 0.3) is 0 Å². The Bertz CT molecular complexity index is 618. The summed E-state index contributed by atoms with van der Waals surface area (Å²) in [6, 6.07) is 3.02. The van der Waals surface area contributed by atoms with E-state index in [4.69, 9.17) is 11.6 Å². The Balaban J connectivity index is 2.10. The smallest absolute Gasteiger partial charge is 0.271 e. The molecular formula is C12H9ClF2N2OS. The Kier molecular flexibility index (Phi) is 4.11. The van der Waals surface area contributed by atoms with E-state index < -0.39 is 23.6 Å². The summed E-state index contributed by atoms with van der Waals surface area (Å²) in [5.74, 6) is -2.29. The maximum atomic E-state index is 13.1. The molecule has 0 unspecified atom stereocenters. The average Bonchev–Trinajstić information content (AvgIpc) is 2.79. The predicted octanol–water partition coefficient (Wildman–Crippen LogP) is 3.57. The summed E-state index contributed by atoms with van der Waals surface area (Å²) < 4.78 is 26.2. The Labute approximate surface area is 117 Å². The van der Waals surface area contributed by atoms with Crippen molar-refractivity contribution < 1.29 is 13.6 Å². The van der Waals surface area contributed by atoms with Crippen LogP contribution in [0.2, 0.25) is 4.47 Å². The number of benzene rings is 1. The minimum Gasteiger partial charge on any atom is -0.344 e. The molecule has 3 nitrogen and oxygen atoms in total. The van der Waals surface area contributed by atoms with E-state index in [1.54, 1.807) is 6.92 Å². The molecule has 0 aliphatic carbocycles. The minimum absolute atomic E-state index is 0.199. The van der Waals surface area contributed by atoms with Crippen LogP contribution < -0.4 is 5.32 Å². The van der Waals surface area contributed by atoms with Gasteiger partial charge in [-0.25, -0.2) is 13.8 Å². The Morgan fingerprint density at radius 2 is 2.16 bits per heavy atom. The van der Waals surface area contributed by atoms with Crippen LogP contribution in [-0.4, -0.2) is 10.9 Å². The van der Waals surface area contributed by atoms with Crippen molar-refractivity contribution in [3.8, 4) is 0 Å². The number of amides is 1. The summed E-state index contributed by atoms with van der Waals surface area (Å²) >= 11 is 6.78. The van der Waals surface area contributed by atoms with Crippen LogP contribution in [0.5, 0.6) is 0 Å². The zero-order valence-corrected chi connectivity index (χ0v) is 11.4. The van der Waals surface area contributed by atoms with Crippen molar-refractivity contribution in [3.05, 3.63) is 50.9 Å². The van der Waals surface area contributed by atoms with Gasteiger partial charge in [-0.2, -0.15) is 0 Å². The first-order valence-electron chi connectivity index (χ1n) is 5.34. The SMILES string of the molecule is C[C@@H](NC(=O)c1csc(Cl)n1)c1ccc(F)c(F)c1. The fourth-order valence-corrected chi connectivity index (χ4v) is 2.24. The Morgan fingerprint density at radius 3 is 2.74 bits per heavy atom. The van der Waals surface area contributed by atoms with Gasteiger partial charge >= 0.3 is 0 Å². The molecule has 0 saturated heterocycles. The molecule has 1 atom stereocenters. The highest BCUT2D eigenvalue weighted by molar-refractivity contribution is 7.14. The molecule has 2 aromatic rings. The molecule has 1 heterocycles. The van der Waals surface area contributed by atoms with E-state index in [2.05, 4.69) is 10.3 Å². The number of nitrogens with zero attached hydrogens (tertiary/aromatic N) is 1. The van der Waals surface area contributed by atoms with Gasteiger partial charge in [0.05, 0.1) is 6.04 Å². The first-order chi connectivity index (χ1) is 8.97.